The van der Waals surface area contributed by atoms with Crippen LogP contribution in [-0.4, -0.2) is 24.0 Å². The van der Waals surface area contributed by atoms with Gasteiger partial charge in [-0.1, -0.05) is 34.1 Å². The number of anilines is 1. The van der Waals surface area contributed by atoms with Gasteiger partial charge >= 0.3 is 5.91 Å². The molecule has 1 aliphatic heterocycles. The minimum absolute atomic E-state index is 0.0161. The van der Waals surface area contributed by atoms with Crippen LogP contribution in [0.25, 0.3) is 5.57 Å². The Bertz CT molecular complexity index is 827. The van der Waals surface area contributed by atoms with Gasteiger partial charge in [-0.25, -0.2) is 4.90 Å². The summed E-state index contributed by atoms with van der Waals surface area (Å²) in [5, 5.41) is 10.1. The van der Waals surface area contributed by atoms with E-state index in [1.54, 1.807) is 48.5 Å². The highest BCUT2D eigenvalue weighted by atomic mass is 79.9. The van der Waals surface area contributed by atoms with Crippen LogP contribution >= 0.6 is 15.9 Å². The largest absolute Gasteiger partial charge is 0.502 e. The molecule has 0 radical (unpaired) electrons. The van der Waals surface area contributed by atoms with Crippen LogP contribution in [0.4, 0.5) is 5.69 Å². The number of amides is 2. The second kappa shape index (κ2) is 5.89. The normalized spacial score (nSPS) is 14.6. The highest BCUT2D eigenvalue weighted by Gasteiger charge is 2.40. The summed E-state index contributed by atoms with van der Waals surface area (Å²) in [6.45, 7) is 0. The van der Waals surface area contributed by atoms with E-state index in [0.29, 0.717) is 17.0 Å². The zero-order chi connectivity index (χ0) is 16.6. The van der Waals surface area contributed by atoms with Crippen molar-refractivity contribution in [2.75, 3.05) is 12.0 Å². The fourth-order valence-electron chi connectivity index (χ4n) is 2.39. The molecule has 0 unspecified atom stereocenters. The molecule has 0 aromatic heterocycles. The van der Waals surface area contributed by atoms with Crippen molar-refractivity contribution in [3.8, 4) is 5.75 Å². The van der Waals surface area contributed by atoms with Crippen LogP contribution in [-0.2, 0) is 9.59 Å². The lowest BCUT2D eigenvalue weighted by Gasteiger charge is -2.14. The van der Waals surface area contributed by atoms with Gasteiger partial charge in [-0.2, -0.15) is 0 Å². The summed E-state index contributed by atoms with van der Waals surface area (Å²) in [5.41, 5.74) is 0.834. The minimum Gasteiger partial charge on any atom is -0.502 e. The molecule has 2 aromatic carbocycles. The Balaban J connectivity index is 2.02. The van der Waals surface area contributed by atoms with Gasteiger partial charge in [0.15, 0.2) is 5.76 Å². The average Bonchev–Trinajstić information content (AvgIpc) is 2.77. The lowest BCUT2D eigenvalue weighted by Crippen LogP contribution is -2.31. The monoisotopic (exact) mass is 373 g/mol. The number of rotatable bonds is 3. The van der Waals surface area contributed by atoms with E-state index < -0.39 is 17.6 Å². The van der Waals surface area contributed by atoms with Crippen molar-refractivity contribution >= 4 is 39.0 Å². The molecule has 1 N–H and O–H groups in total. The van der Waals surface area contributed by atoms with Crippen LogP contribution in [0.5, 0.6) is 5.75 Å². The highest BCUT2D eigenvalue weighted by molar-refractivity contribution is 9.10. The SMILES string of the molecule is COc1ccc(C2=C(O)C(=O)N(c3cccc(Br)c3)C2=O)cc1. The maximum atomic E-state index is 12.6. The van der Waals surface area contributed by atoms with Crippen molar-refractivity contribution < 1.29 is 19.4 Å². The molecule has 0 spiro atoms. The Morgan fingerprint density at radius 2 is 1.74 bits per heavy atom. The second-order valence-electron chi connectivity index (χ2n) is 4.88. The zero-order valence-corrected chi connectivity index (χ0v) is 13.7. The maximum Gasteiger partial charge on any atom is 0.301 e. The molecular formula is C17H12BrNO4. The predicted octanol–water partition coefficient (Wildman–Crippen LogP) is 3.30. The van der Waals surface area contributed by atoms with Crippen LogP contribution in [0.1, 0.15) is 5.56 Å². The van der Waals surface area contributed by atoms with E-state index in [9.17, 15) is 14.7 Å². The molecule has 0 aliphatic carbocycles. The number of nitrogens with zero attached hydrogens (tertiary/aromatic N) is 1. The molecule has 2 aromatic rings. The number of carbonyl (C=O) groups is 2. The van der Waals surface area contributed by atoms with Crippen LogP contribution in [0.2, 0.25) is 0 Å². The fourth-order valence-corrected chi connectivity index (χ4v) is 2.77. The first-order chi connectivity index (χ1) is 11.0. The Morgan fingerprint density at radius 1 is 1.04 bits per heavy atom. The van der Waals surface area contributed by atoms with Crippen molar-refractivity contribution in [3.05, 3.63) is 64.3 Å². The molecule has 2 amide bonds. The lowest BCUT2D eigenvalue weighted by atomic mass is 10.1. The topological polar surface area (TPSA) is 66.8 Å². The summed E-state index contributed by atoms with van der Waals surface area (Å²) >= 11 is 3.30. The first-order valence-corrected chi connectivity index (χ1v) is 7.54. The number of halogens is 1. The van der Waals surface area contributed by atoms with Crippen molar-refractivity contribution in [1.29, 1.82) is 0 Å². The number of methoxy groups -OCH3 is 1. The van der Waals surface area contributed by atoms with Crippen LogP contribution in [0.15, 0.2) is 58.8 Å². The molecule has 1 heterocycles. The molecule has 0 saturated heterocycles. The van der Waals surface area contributed by atoms with Crippen molar-refractivity contribution in [1.82, 2.24) is 0 Å². The molecule has 3 rings (SSSR count). The average molecular weight is 374 g/mol. The number of hydrogen-bond acceptors (Lipinski definition) is 4. The first-order valence-electron chi connectivity index (χ1n) is 6.75. The number of imide groups is 1. The number of benzene rings is 2. The molecule has 6 heteroatoms. The van der Waals surface area contributed by atoms with Gasteiger partial charge in [0.2, 0.25) is 0 Å². The van der Waals surface area contributed by atoms with Crippen LogP contribution < -0.4 is 9.64 Å². The quantitative estimate of drug-likeness (QED) is 0.838. The van der Waals surface area contributed by atoms with Gasteiger partial charge in [-0.15, -0.1) is 0 Å². The summed E-state index contributed by atoms with van der Waals surface area (Å²) in [4.78, 5) is 25.9. The molecule has 0 fully saturated rings. The zero-order valence-electron chi connectivity index (χ0n) is 12.1. The van der Waals surface area contributed by atoms with Crippen molar-refractivity contribution in [2.45, 2.75) is 0 Å². The Hall–Kier alpha value is -2.60. The number of aliphatic hydroxyl groups is 1. The number of ether oxygens (including phenoxy) is 1. The highest BCUT2D eigenvalue weighted by Crippen LogP contribution is 2.33. The van der Waals surface area contributed by atoms with Gasteiger partial charge in [-0.3, -0.25) is 9.59 Å². The molecule has 0 atom stereocenters. The summed E-state index contributed by atoms with van der Waals surface area (Å²) < 4.78 is 5.79. The molecule has 116 valence electrons. The van der Waals surface area contributed by atoms with E-state index in [1.165, 1.54) is 7.11 Å². The standard InChI is InChI=1S/C17H12BrNO4/c1-23-13-7-5-10(6-8-13)14-15(20)17(22)19(16(14)21)12-4-2-3-11(18)9-12/h2-9,20H,1H3. The van der Waals surface area contributed by atoms with E-state index >= 15 is 0 Å². The molecule has 0 saturated carbocycles. The lowest BCUT2D eigenvalue weighted by molar-refractivity contribution is -0.121. The van der Waals surface area contributed by atoms with E-state index in [2.05, 4.69) is 15.9 Å². The Morgan fingerprint density at radius 3 is 2.35 bits per heavy atom. The van der Waals surface area contributed by atoms with Crippen molar-refractivity contribution in [3.63, 3.8) is 0 Å². The fraction of sp³-hybridized carbons (Fsp3) is 0.0588. The first kappa shape index (κ1) is 15.3. The van der Waals surface area contributed by atoms with Crippen molar-refractivity contribution in [2.24, 2.45) is 0 Å². The van der Waals surface area contributed by atoms with Crippen LogP contribution in [0, 0.1) is 0 Å². The third-order valence-corrected chi connectivity index (χ3v) is 4.00. The summed E-state index contributed by atoms with van der Waals surface area (Å²) in [7, 11) is 1.53. The van der Waals surface area contributed by atoms with E-state index in [-0.39, 0.29) is 5.57 Å². The van der Waals surface area contributed by atoms with E-state index in [4.69, 9.17) is 4.74 Å². The maximum absolute atomic E-state index is 12.6. The van der Waals surface area contributed by atoms with Crippen LogP contribution in [0.3, 0.4) is 0 Å². The molecule has 0 bridgehead atoms. The Kier molecular flexibility index (Phi) is 3.92. The minimum atomic E-state index is -0.737. The van der Waals surface area contributed by atoms with Gasteiger partial charge in [0.25, 0.3) is 5.91 Å². The smallest absolute Gasteiger partial charge is 0.301 e. The van der Waals surface area contributed by atoms with Gasteiger partial charge in [0, 0.05) is 4.47 Å². The van der Waals surface area contributed by atoms with Gasteiger partial charge in [-0.05, 0) is 35.9 Å². The molecule has 23 heavy (non-hydrogen) atoms. The summed E-state index contributed by atoms with van der Waals surface area (Å²) in [6.07, 6.45) is 0. The van der Waals surface area contributed by atoms with E-state index in [0.717, 1.165) is 9.37 Å². The van der Waals surface area contributed by atoms with Gasteiger partial charge in [0.05, 0.1) is 18.4 Å². The third kappa shape index (κ3) is 2.61. The predicted molar refractivity (Wildman–Crippen MR) is 89.2 cm³/mol. The van der Waals surface area contributed by atoms with Gasteiger partial charge < -0.3 is 9.84 Å². The second-order valence-corrected chi connectivity index (χ2v) is 5.79. The number of aliphatic hydroxyl groups excluding tert-OH is 1. The van der Waals surface area contributed by atoms with E-state index in [1.807, 2.05) is 0 Å². The summed E-state index contributed by atoms with van der Waals surface area (Å²) in [6, 6.07) is 13.3. The van der Waals surface area contributed by atoms with Gasteiger partial charge in [0.1, 0.15) is 5.75 Å². The Labute approximate surface area is 140 Å². The summed E-state index contributed by atoms with van der Waals surface area (Å²) in [5.74, 6) is -1.23. The number of carbonyl (C=O) groups excluding carboxylic acids is 2. The molecule has 1 aliphatic rings. The molecular weight excluding hydrogens is 362 g/mol. The number of hydrogen-bond donors (Lipinski definition) is 1. The third-order valence-electron chi connectivity index (χ3n) is 3.50. The molecule has 5 nitrogen and oxygen atoms in total.